The number of aromatic nitrogens is 1. The molecule has 0 atom stereocenters. The van der Waals surface area contributed by atoms with E-state index in [0.29, 0.717) is 11.8 Å². The van der Waals surface area contributed by atoms with Gasteiger partial charge in [-0.25, -0.2) is 0 Å². The monoisotopic (exact) mass is 273 g/mol. The van der Waals surface area contributed by atoms with E-state index in [-0.39, 0.29) is 0 Å². The van der Waals surface area contributed by atoms with Crippen molar-refractivity contribution in [2.45, 2.75) is 67.2 Å². The van der Waals surface area contributed by atoms with Crippen LogP contribution in [0.1, 0.15) is 78.5 Å². The van der Waals surface area contributed by atoms with E-state index >= 15 is 0 Å². The summed E-state index contributed by atoms with van der Waals surface area (Å²) in [6.07, 6.45) is 2.00. The molecule has 0 saturated heterocycles. The molecule has 0 spiro atoms. The molecule has 2 aromatic rings. The van der Waals surface area contributed by atoms with Gasteiger partial charge in [-0.05, 0) is 22.8 Å². The van der Waals surface area contributed by atoms with E-state index in [9.17, 15) is 0 Å². The van der Waals surface area contributed by atoms with Crippen molar-refractivity contribution in [3.8, 4) is 0 Å². The first-order chi connectivity index (χ1) is 9.61. The van der Waals surface area contributed by atoms with Gasteiger partial charge in [-0.2, -0.15) is 0 Å². The standard InChI is InChI=1S/C15H19N.2C2H6/c1-10(2)14-13-8-6-5-7-12(13)9-16-15(14)11(3)4;2*1-2/h5-11H,1-4H3;2*1-2H3. The molecule has 0 bridgehead atoms. The molecule has 0 aliphatic rings. The number of benzene rings is 1. The van der Waals surface area contributed by atoms with Gasteiger partial charge < -0.3 is 0 Å². The Balaban J connectivity index is 0.000000829. The van der Waals surface area contributed by atoms with E-state index in [1.165, 1.54) is 22.0 Å². The van der Waals surface area contributed by atoms with Crippen LogP contribution in [0.4, 0.5) is 0 Å². The van der Waals surface area contributed by atoms with Crippen LogP contribution in [0.15, 0.2) is 30.5 Å². The summed E-state index contributed by atoms with van der Waals surface area (Å²) in [7, 11) is 0. The molecule has 20 heavy (non-hydrogen) atoms. The Morgan fingerprint density at radius 3 is 1.85 bits per heavy atom. The number of rotatable bonds is 2. The third-order valence-corrected chi connectivity index (χ3v) is 2.99. The van der Waals surface area contributed by atoms with Crippen LogP contribution in [-0.4, -0.2) is 4.98 Å². The van der Waals surface area contributed by atoms with E-state index < -0.39 is 0 Å². The highest BCUT2D eigenvalue weighted by atomic mass is 14.7. The molecule has 1 nitrogen and oxygen atoms in total. The second-order valence-electron chi connectivity index (χ2n) is 4.95. The minimum absolute atomic E-state index is 0.488. The van der Waals surface area contributed by atoms with Crippen LogP contribution < -0.4 is 0 Å². The van der Waals surface area contributed by atoms with E-state index in [1.807, 2.05) is 33.9 Å². The van der Waals surface area contributed by atoms with Crippen molar-refractivity contribution in [2.24, 2.45) is 0 Å². The van der Waals surface area contributed by atoms with Crippen LogP contribution in [0.3, 0.4) is 0 Å². The summed E-state index contributed by atoms with van der Waals surface area (Å²) in [5.74, 6) is 1.01. The number of hydrogen-bond donors (Lipinski definition) is 0. The summed E-state index contributed by atoms with van der Waals surface area (Å²) in [6.45, 7) is 16.9. The Hall–Kier alpha value is -1.37. The second kappa shape index (κ2) is 9.52. The lowest BCUT2D eigenvalue weighted by atomic mass is 9.91. The zero-order valence-corrected chi connectivity index (χ0v) is 14.5. The molecule has 2 rings (SSSR count). The first kappa shape index (κ1) is 18.6. The van der Waals surface area contributed by atoms with Crippen molar-refractivity contribution in [3.05, 3.63) is 41.7 Å². The Morgan fingerprint density at radius 1 is 0.800 bits per heavy atom. The zero-order chi connectivity index (χ0) is 15.7. The Bertz CT molecular complexity index is 498. The zero-order valence-electron chi connectivity index (χ0n) is 14.5. The Morgan fingerprint density at radius 2 is 1.35 bits per heavy atom. The van der Waals surface area contributed by atoms with Crippen molar-refractivity contribution < 1.29 is 0 Å². The fraction of sp³-hybridized carbons (Fsp3) is 0.526. The van der Waals surface area contributed by atoms with E-state index in [0.717, 1.165) is 0 Å². The maximum atomic E-state index is 4.63. The molecular weight excluding hydrogens is 242 g/mol. The first-order valence-corrected chi connectivity index (χ1v) is 7.98. The molecular formula is C19H31N. The van der Waals surface area contributed by atoms with E-state index in [1.54, 1.807) is 0 Å². The lowest BCUT2D eigenvalue weighted by molar-refractivity contribution is 0.765. The van der Waals surface area contributed by atoms with Crippen molar-refractivity contribution in [1.29, 1.82) is 0 Å². The third-order valence-electron chi connectivity index (χ3n) is 2.99. The van der Waals surface area contributed by atoms with Gasteiger partial charge in [0.1, 0.15) is 0 Å². The average Bonchev–Trinajstić information content (AvgIpc) is 2.49. The predicted molar refractivity (Wildman–Crippen MR) is 92.6 cm³/mol. The quantitative estimate of drug-likeness (QED) is 0.606. The van der Waals surface area contributed by atoms with Crippen molar-refractivity contribution in [2.75, 3.05) is 0 Å². The van der Waals surface area contributed by atoms with Crippen molar-refractivity contribution in [3.63, 3.8) is 0 Å². The molecule has 1 aromatic carbocycles. The first-order valence-electron chi connectivity index (χ1n) is 7.98. The lowest BCUT2D eigenvalue weighted by Crippen LogP contribution is -2.02. The van der Waals surface area contributed by atoms with Crippen LogP contribution in [-0.2, 0) is 0 Å². The van der Waals surface area contributed by atoms with Crippen LogP contribution >= 0.6 is 0 Å². The van der Waals surface area contributed by atoms with Crippen LogP contribution in [0.25, 0.3) is 10.8 Å². The third kappa shape index (κ3) is 4.33. The summed E-state index contributed by atoms with van der Waals surface area (Å²) in [4.78, 5) is 4.63. The molecule has 0 aliphatic heterocycles. The fourth-order valence-corrected chi connectivity index (χ4v) is 2.27. The molecule has 1 heterocycles. The molecule has 112 valence electrons. The topological polar surface area (TPSA) is 12.9 Å². The molecule has 0 N–H and O–H groups in total. The van der Waals surface area contributed by atoms with Gasteiger partial charge in [-0.15, -0.1) is 0 Å². The average molecular weight is 273 g/mol. The number of nitrogens with zero attached hydrogens (tertiary/aromatic N) is 1. The Labute approximate surface area is 125 Å². The summed E-state index contributed by atoms with van der Waals surface area (Å²) in [5.41, 5.74) is 2.65. The second-order valence-corrected chi connectivity index (χ2v) is 4.95. The van der Waals surface area contributed by atoms with Gasteiger partial charge in [0.05, 0.1) is 0 Å². The van der Waals surface area contributed by atoms with Crippen LogP contribution in [0.5, 0.6) is 0 Å². The van der Waals surface area contributed by atoms with Gasteiger partial charge >= 0.3 is 0 Å². The van der Waals surface area contributed by atoms with Gasteiger partial charge in [-0.3, -0.25) is 4.98 Å². The summed E-state index contributed by atoms with van der Waals surface area (Å²) < 4.78 is 0. The number of pyridine rings is 1. The summed E-state index contributed by atoms with van der Waals surface area (Å²) >= 11 is 0. The molecule has 0 saturated carbocycles. The van der Waals surface area contributed by atoms with Gasteiger partial charge in [0.25, 0.3) is 0 Å². The number of fused-ring (bicyclic) bond motifs is 1. The maximum absolute atomic E-state index is 4.63. The molecule has 1 heteroatoms. The molecule has 1 aromatic heterocycles. The molecule has 0 fully saturated rings. The van der Waals surface area contributed by atoms with Crippen molar-refractivity contribution in [1.82, 2.24) is 4.98 Å². The fourth-order valence-electron chi connectivity index (χ4n) is 2.27. The Kier molecular flexibility index (Phi) is 8.87. The number of hydrogen-bond acceptors (Lipinski definition) is 1. The van der Waals surface area contributed by atoms with Gasteiger partial charge in [-0.1, -0.05) is 79.7 Å². The maximum Gasteiger partial charge on any atom is 0.0469 e. The summed E-state index contributed by atoms with van der Waals surface area (Å²) in [5, 5.41) is 2.60. The molecule has 0 unspecified atom stereocenters. The summed E-state index contributed by atoms with van der Waals surface area (Å²) in [6, 6.07) is 8.53. The van der Waals surface area contributed by atoms with Crippen molar-refractivity contribution >= 4 is 10.8 Å². The van der Waals surface area contributed by atoms with Gasteiger partial charge in [0.15, 0.2) is 0 Å². The molecule has 0 aliphatic carbocycles. The largest absolute Gasteiger partial charge is 0.260 e. The highest BCUT2D eigenvalue weighted by Crippen LogP contribution is 2.30. The van der Waals surface area contributed by atoms with Crippen LogP contribution in [0.2, 0.25) is 0 Å². The molecule has 0 amide bonds. The highest BCUT2D eigenvalue weighted by Gasteiger charge is 2.14. The normalized spacial score (nSPS) is 9.90. The predicted octanol–water partition coefficient (Wildman–Crippen LogP) is 6.53. The minimum Gasteiger partial charge on any atom is -0.260 e. The minimum atomic E-state index is 0.488. The SMILES string of the molecule is CC.CC.CC(C)c1ncc2ccccc2c1C(C)C. The smallest absolute Gasteiger partial charge is 0.0469 e. The van der Waals surface area contributed by atoms with E-state index in [2.05, 4.69) is 56.9 Å². The van der Waals surface area contributed by atoms with Crippen LogP contribution in [0, 0.1) is 0 Å². The highest BCUT2D eigenvalue weighted by molar-refractivity contribution is 5.86. The van der Waals surface area contributed by atoms with E-state index in [4.69, 9.17) is 0 Å². The lowest BCUT2D eigenvalue weighted by Gasteiger charge is -2.17. The van der Waals surface area contributed by atoms with Gasteiger partial charge in [0.2, 0.25) is 0 Å². The van der Waals surface area contributed by atoms with Gasteiger partial charge in [0, 0.05) is 17.3 Å². The molecule has 0 radical (unpaired) electrons.